The Kier molecular flexibility index (Phi) is 20.9. The Hall–Kier alpha value is -0.0800. The van der Waals surface area contributed by atoms with Crippen LogP contribution in [0.2, 0.25) is 0 Å². The number of hydrogen-bond donors (Lipinski definition) is 2. The van der Waals surface area contributed by atoms with E-state index in [2.05, 4.69) is 6.92 Å². The van der Waals surface area contributed by atoms with Gasteiger partial charge in [-0.2, -0.15) is 0 Å². The molecule has 2 N–H and O–H groups in total. The first kappa shape index (κ1) is 23.9. The van der Waals surface area contributed by atoms with E-state index < -0.39 is 0 Å². The zero-order chi connectivity index (χ0) is 17.7. The summed E-state index contributed by atoms with van der Waals surface area (Å²) in [6, 6.07) is 0. The van der Waals surface area contributed by atoms with Crippen molar-refractivity contribution in [3.8, 4) is 0 Å². The van der Waals surface area contributed by atoms with Crippen LogP contribution in [0.1, 0.15) is 122 Å². The van der Waals surface area contributed by atoms with Crippen molar-refractivity contribution in [2.24, 2.45) is 5.92 Å². The SMILES string of the molecule is CCCCCCCCCCCCCCCCCCC(CO)CCO. The third kappa shape index (κ3) is 18.3. The van der Waals surface area contributed by atoms with Gasteiger partial charge in [-0.05, 0) is 18.8 Å². The Morgan fingerprint density at radius 1 is 0.500 bits per heavy atom. The summed E-state index contributed by atoms with van der Waals surface area (Å²) in [6.45, 7) is 2.73. The summed E-state index contributed by atoms with van der Waals surface area (Å²) in [5.74, 6) is 0.321. The standard InChI is InChI=1S/C22H46O2/c1-2-3-4-5-6-7-8-9-10-11-12-13-14-15-16-17-18-22(21-24)19-20-23/h22-24H,2-21H2,1H3. The number of unbranched alkanes of at least 4 members (excludes halogenated alkanes) is 15. The molecule has 0 aliphatic carbocycles. The third-order valence-corrected chi connectivity index (χ3v) is 5.26. The average molecular weight is 343 g/mol. The molecule has 0 rings (SSSR count). The average Bonchev–Trinajstić information content (AvgIpc) is 2.60. The number of aliphatic hydroxyl groups excluding tert-OH is 2. The van der Waals surface area contributed by atoms with Crippen molar-refractivity contribution < 1.29 is 10.2 Å². The van der Waals surface area contributed by atoms with Crippen LogP contribution >= 0.6 is 0 Å². The number of aliphatic hydroxyl groups is 2. The molecule has 0 aromatic carbocycles. The Morgan fingerprint density at radius 2 is 0.875 bits per heavy atom. The maximum absolute atomic E-state index is 9.17. The maximum Gasteiger partial charge on any atom is 0.0460 e. The molecule has 0 aromatic rings. The Bertz CT molecular complexity index is 218. The van der Waals surface area contributed by atoms with Crippen LogP contribution in [-0.2, 0) is 0 Å². The molecule has 0 saturated heterocycles. The fourth-order valence-corrected chi connectivity index (χ4v) is 3.49. The lowest BCUT2D eigenvalue weighted by Crippen LogP contribution is -2.07. The number of rotatable bonds is 20. The molecule has 2 nitrogen and oxygen atoms in total. The zero-order valence-corrected chi connectivity index (χ0v) is 16.6. The summed E-state index contributed by atoms with van der Waals surface area (Å²) in [7, 11) is 0. The third-order valence-electron chi connectivity index (χ3n) is 5.26. The summed E-state index contributed by atoms with van der Waals surface area (Å²) in [5, 5.41) is 18.1. The fourth-order valence-electron chi connectivity index (χ4n) is 3.49. The monoisotopic (exact) mass is 342 g/mol. The molecule has 0 aliphatic rings. The molecule has 0 aromatic heterocycles. The van der Waals surface area contributed by atoms with Gasteiger partial charge in [0.05, 0.1) is 0 Å². The lowest BCUT2D eigenvalue weighted by Gasteiger charge is -2.11. The van der Waals surface area contributed by atoms with Crippen molar-refractivity contribution >= 4 is 0 Å². The Morgan fingerprint density at radius 3 is 1.21 bits per heavy atom. The van der Waals surface area contributed by atoms with Crippen LogP contribution in [0, 0.1) is 5.92 Å². The van der Waals surface area contributed by atoms with E-state index >= 15 is 0 Å². The molecular formula is C22H46O2. The van der Waals surface area contributed by atoms with Crippen molar-refractivity contribution in [1.82, 2.24) is 0 Å². The van der Waals surface area contributed by atoms with E-state index in [-0.39, 0.29) is 13.2 Å². The van der Waals surface area contributed by atoms with Crippen LogP contribution in [0.25, 0.3) is 0 Å². The lowest BCUT2D eigenvalue weighted by atomic mass is 9.98. The van der Waals surface area contributed by atoms with E-state index in [0.717, 1.165) is 12.8 Å². The van der Waals surface area contributed by atoms with Crippen molar-refractivity contribution in [3.05, 3.63) is 0 Å². The predicted molar refractivity (Wildman–Crippen MR) is 106 cm³/mol. The fraction of sp³-hybridized carbons (Fsp3) is 1.00. The highest BCUT2D eigenvalue weighted by molar-refractivity contribution is 4.58. The van der Waals surface area contributed by atoms with Gasteiger partial charge < -0.3 is 10.2 Å². The van der Waals surface area contributed by atoms with Gasteiger partial charge in [-0.3, -0.25) is 0 Å². The summed E-state index contributed by atoms with van der Waals surface area (Å²) >= 11 is 0. The highest BCUT2D eigenvalue weighted by Crippen LogP contribution is 2.16. The topological polar surface area (TPSA) is 40.5 Å². The van der Waals surface area contributed by atoms with Crippen LogP contribution < -0.4 is 0 Å². The molecule has 0 radical (unpaired) electrons. The van der Waals surface area contributed by atoms with Gasteiger partial charge in [0, 0.05) is 13.2 Å². The minimum Gasteiger partial charge on any atom is -0.396 e. The van der Waals surface area contributed by atoms with Crippen LogP contribution in [0.15, 0.2) is 0 Å². The molecule has 1 unspecified atom stereocenters. The van der Waals surface area contributed by atoms with Gasteiger partial charge in [-0.25, -0.2) is 0 Å². The van der Waals surface area contributed by atoms with Crippen molar-refractivity contribution in [2.45, 2.75) is 122 Å². The molecule has 0 aliphatic heterocycles. The molecule has 1 atom stereocenters. The minimum absolute atomic E-state index is 0.212. The zero-order valence-electron chi connectivity index (χ0n) is 16.6. The van der Waals surface area contributed by atoms with E-state index in [0.29, 0.717) is 5.92 Å². The molecule has 0 saturated carbocycles. The summed E-state index contributed by atoms with van der Waals surface area (Å²) in [4.78, 5) is 0. The van der Waals surface area contributed by atoms with E-state index in [1.807, 2.05) is 0 Å². The molecule has 146 valence electrons. The second-order valence-corrected chi connectivity index (χ2v) is 7.65. The van der Waals surface area contributed by atoms with Crippen molar-refractivity contribution in [1.29, 1.82) is 0 Å². The smallest absolute Gasteiger partial charge is 0.0460 e. The van der Waals surface area contributed by atoms with Gasteiger partial charge in [0.1, 0.15) is 0 Å². The first-order valence-electron chi connectivity index (χ1n) is 11.1. The molecular weight excluding hydrogens is 296 g/mol. The lowest BCUT2D eigenvalue weighted by molar-refractivity contribution is 0.174. The van der Waals surface area contributed by atoms with Gasteiger partial charge in [0.15, 0.2) is 0 Å². The van der Waals surface area contributed by atoms with E-state index in [1.54, 1.807) is 0 Å². The van der Waals surface area contributed by atoms with E-state index in [1.165, 1.54) is 103 Å². The highest BCUT2D eigenvalue weighted by atomic mass is 16.3. The van der Waals surface area contributed by atoms with Crippen molar-refractivity contribution in [2.75, 3.05) is 13.2 Å². The van der Waals surface area contributed by atoms with Gasteiger partial charge >= 0.3 is 0 Å². The van der Waals surface area contributed by atoms with Crippen molar-refractivity contribution in [3.63, 3.8) is 0 Å². The van der Waals surface area contributed by atoms with Gasteiger partial charge in [0.2, 0.25) is 0 Å². The summed E-state index contributed by atoms with van der Waals surface area (Å²) in [6.07, 6.45) is 24.2. The first-order valence-corrected chi connectivity index (χ1v) is 11.1. The molecule has 0 spiro atoms. The maximum atomic E-state index is 9.17. The molecule has 0 fully saturated rings. The Labute approximate surface area is 152 Å². The summed E-state index contributed by atoms with van der Waals surface area (Å²) in [5.41, 5.74) is 0. The highest BCUT2D eigenvalue weighted by Gasteiger charge is 2.05. The molecule has 0 amide bonds. The molecule has 24 heavy (non-hydrogen) atoms. The van der Waals surface area contributed by atoms with E-state index in [4.69, 9.17) is 5.11 Å². The second-order valence-electron chi connectivity index (χ2n) is 7.65. The van der Waals surface area contributed by atoms with Crippen LogP contribution in [-0.4, -0.2) is 23.4 Å². The minimum atomic E-state index is 0.212. The first-order chi connectivity index (χ1) is 11.8. The largest absolute Gasteiger partial charge is 0.396 e. The molecule has 0 heterocycles. The predicted octanol–water partition coefficient (Wildman–Crippen LogP) is 6.63. The van der Waals surface area contributed by atoms with Gasteiger partial charge in [-0.15, -0.1) is 0 Å². The normalized spacial score (nSPS) is 12.6. The van der Waals surface area contributed by atoms with Crippen LogP contribution in [0.5, 0.6) is 0 Å². The van der Waals surface area contributed by atoms with E-state index in [9.17, 15) is 5.11 Å². The van der Waals surface area contributed by atoms with Crippen LogP contribution in [0.4, 0.5) is 0 Å². The van der Waals surface area contributed by atoms with Crippen LogP contribution in [0.3, 0.4) is 0 Å². The number of hydrogen-bond acceptors (Lipinski definition) is 2. The second kappa shape index (κ2) is 21.0. The summed E-state index contributed by atoms with van der Waals surface area (Å²) < 4.78 is 0. The Balaban J connectivity index is 3.07. The quantitative estimate of drug-likeness (QED) is 0.244. The molecule has 0 bridgehead atoms. The van der Waals surface area contributed by atoms with Gasteiger partial charge in [0.25, 0.3) is 0 Å². The van der Waals surface area contributed by atoms with Gasteiger partial charge in [-0.1, -0.05) is 110 Å². The molecule has 2 heteroatoms.